The van der Waals surface area contributed by atoms with E-state index in [4.69, 9.17) is 23.9 Å². The summed E-state index contributed by atoms with van der Waals surface area (Å²) in [4.78, 5) is 49.6. The molecule has 0 saturated carbocycles. The Morgan fingerprint density at radius 3 is 2.18 bits per heavy atom. The quantitative estimate of drug-likeness (QED) is 0.0932. The Bertz CT molecular complexity index is 2490. The summed E-state index contributed by atoms with van der Waals surface area (Å²) in [5.74, 6) is 1.45. The predicted octanol–water partition coefficient (Wildman–Crippen LogP) is 6.62. The number of likely N-dealkylation sites (N-methyl/N-ethyl adjacent to an activating group) is 3. The van der Waals surface area contributed by atoms with Crippen LogP contribution in [0.3, 0.4) is 0 Å². The molecule has 308 valence electrons. The fourth-order valence-corrected chi connectivity index (χ4v) is 8.18. The second-order valence-electron chi connectivity index (χ2n) is 15.1. The third kappa shape index (κ3) is 7.83. The molecule has 5 aromatic rings. The molecule has 0 radical (unpaired) electrons. The molecule has 0 spiro atoms. The van der Waals surface area contributed by atoms with Gasteiger partial charge < -0.3 is 44.3 Å². The van der Waals surface area contributed by atoms with Gasteiger partial charge in [-0.3, -0.25) is 19.4 Å². The van der Waals surface area contributed by atoms with Gasteiger partial charge in [0, 0.05) is 61.6 Å². The molecule has 3 heterocycles. The highest BCUT2D eigenvalue weighted by Crippen LogP contribution is 2.41. The Balaban J connectivity index is 1.04. The SMILES string of the molecule is CNCC(=O)N(C)c1cc(COc2cc(N=C[C@@H]3Cc4ccccc4N3C)c(C=O)cc2OC)cc(COc2cc3c(cc2OC)C(=O)N2c4ccccc4CC2CN3)c1. The van der Waals surface area contributed by atoms with Crippen LogP contribution in [-0.4, -0.2) is 84.9 Å². The van der Waals surface area contributed by atoms with Gasteiger partial charge in [-0.25, -0.2) is 0 Å². The molecule has 13 nitrogen and oxygen atoms in total. The van der Waals surface area contributed by atoms with Crippen LogP contribution in [0.4, 0.5) is 28.4 Å². The molecule has 13 heteroatoms. The Kier molecular flexibility index (Phi) is 11.4. The zero-order chi connectivity index (χ0) is 41.9. The number of ether oxygens (including phenoxy) is 4. The summed E-state index contributed by atoms with van der Waals surface area (Å²) >= 11 is 0. The van der Waals surface area contributed by atoms with Gasteiger partial charge in [0.15, 0.2) is 29.3 Å². The van der Waals surface area contributed by atoms with Crippen LogP contribution in [0.1, 0.15) is 43.0 Å². The molecule has 3 aliphatic rings. The number of rotatable bonds is 14. The fraction of sp³-hybridized carbons (Fsp3) is 0.277. The van der Waals surface area contributed by atoms with Gasteiger partial charge >= 0.3 is 0 Å². The van der Waals surface area contributed by atoms with E-state index in [1.807, 2.05) is 72.8 Å². The van der Waals surface area contributed by atoms with E-state index in [2.05, 4.69) is 33.7 Å². The molecule has 0 aliphatic carbocycles. The topological polar surface area (TPSA) is 134 Å². The van der Waals surface area contributed by atoms with Crippen LogP contribution >= 0.6 is 0 Å². The highest BCUT2D eigenvalue weighted by atomic mass is 16.5. The number of aldehydes is 1. The number of hydrogen-bond donors (Lipinski definition) is 2. The minimum atomic E-state index is -0.127. The van der Waals surface area contributed by atoms with Gasteiger partial charge in [0.1, 0.15) is 13.2 Å². The van der Waals surface area contributed by atoms with E-state index >= 15 is 0 Å². The number of aliphatic imine (C=N–C) groups is 1. The zero-order valence-electron chi connectivity index (χ0n) is 34.4. The molecule has 5 aromatic carbocycles. The number of fused-ring (bicyclic) bond motifs is 5. The second-order valence-corrected chi connectivity index (χ2v) is 15.1. The Morgan fingerprint density at radius 1 is 0.867 bits per heavy atom. The Morgan fingerprint density at radius 2 is 1.52 bits per heavy atom. The maximum Gasteiger partial charge on any atom is 0.260 e. The number of carbonyl (C=O) groups excluding carboxylic acids is 3. The maximum atomic E-state index is 14.0. The second kappa shape index (κ2) is 17.2. The number of carbonyl (C=O) groups is 3. The first-order valence-corrected chi connectivity index (χ1v) is 19.9. The molecule has 2 N–H and O–H groups in total. The van der Waals surface area contributed by atoms with Crippen molar-refractivity contribution in [2.45, 2.75) is 38.1 Å². The van der Waals surface area contributed by atoms with Crippen LogP contribution in [0.2, 0.25) is 0 Å². The van der Waals surface area contributed by atoms with Crippen LogP contribution in [0.25, 0.3) is 0 Å². The molecular formula is C47H48N6O7. The summed E-state index contributed by atoms with van der Waals surface area (Å²) in [7, 11) is 8.55. The van der Waals surface area contributed by atoms with Crippen molar-refractivity contribution in [3.8, 4) is 23.0 Å². The highest BCUT2D eigenvalue weighted by molar-refractivity contribution is 6.12. The van der Waals surface area contributed by atoms with Gasteiger partial charge in [-0.15, -0.1) is 0 Å². The number of para-hydroxylation sites is 2. The number of methoxy groups -OCH3 is 2. The first-order valence-electron chi connectivity index (χ1n) is 19.9. The molecule has 2 atom stereocenters. The molecule has 2 amide bonds. The van der Waals surface area contributed by atoms with Crippen molar-refractivity contribution in [3.63, 3.8) is 0 Å². The third-order valence-electron chi connectivity index (χ3n) is 11.4. The van der Waals surface area contributed by atoms with Crippen molar-refractivity contribution in [1.29, 1.82) is 0 Å². The average molecular weight is 809 g/mol. The summed E-state index contributed by atoms with van der Waals surface area (Å²) in [5.41, 5.74) is 8.67. The van der Waals surface area contributed by atoms with Crippen LogP contribution in [0.5, 0.6) is 23.0 Å². The van der Waals surface area contributed by atoms with Gasteiger partial charge in [0.2, 0.25) is 5.91 Å². The van der Waals surface area contributed by atoms with Gasteiger partial charge in [-0.2, -0.15) is 0 Å². The van der Waals surface area contributed by atoms with Gasteiger partial charge in [0.25, 0.3) is 5.91 Å². The normalized spacial score (nSPS) is 16.3. The van der Waals surface area contributed by atoms with E-state index in [0.717, 1.165) is 47.2 Å². The van der Waals surface area contributed by atoms with Crippen molar-refractivity contribution in [2.24, 2.45) is 4.99 Å². The average Bonchev–Trinajstić information content (AvgIpc) is 3.77. The first kappa shape index (κ1) is 39.9. The van der Waals surface area contributed by atoms with Gasteiger partial charge in [0.05, 0.1) is 49.8 Å². The lowest BCUT2D eigenvalue weighted by Crippen LogP contribution is -2.39. The fourth-order valence-electron chi connectivity index (χ4n) is 8.18. The monoisotopic (exact) mass is 808 g/mol. The number of benzene rings is 5. The molecule has 0 fully saturated rings. The first-order chi connectivity index (χ1) is 29.2. The van der Waals surface area contributed by atoms with Crippen LogP contribution in [-0.2, 0) is 30.8 Å². The van der Waals surface area contributed by atoms with Crippen LogP contribution in [0.15, 0.2) is 96.0 Å². The van der Waals surface area contributed by atoms with E-state index in [0.29, 0.717) is 57.7 Å². The third-order valence-corrected chi connectivity index (χ3v) is 11.4. The smallest absolute Gasteiger partial charge is 0.260 e. The van der Waals surface area contributed by atoms with Crippen molar-refractivity contribution in [1.82, 2.24) is 5.32 Å². The lowest BCUT2D eigenvalue weighted by atomic mass is 10.1. The van der Waals surface area contributed by atoms with Gasteiger partial charge in [-0.05, 0) is 84.6 Å². The number of nitrogens with zero attached hydrogens (tertiary/aromatic N) is 4. The molecule has 1 unspecified atom stereocenters. The Hall–Kier alpha value is -6.86. The Labute approximate surface area is 349 Å². The molecule has 60 heavy (non-hydrogen) atoms. The minimum absolute atomic E-state index is 0.0108. The van der Waals surface area contributed by atoms with E-state index in [9.17, 15) is 14.4 Å². The summed E-state index contributed by atoms with van der Waals surface area (Å²) in [6, 6.07) is 28.9. The van der Waals surface area contributed by atoms with E-state index < -0.39 is 0 Å². The lowest BCUT2D eigenvalue weighted by molar-refractivity contribution is -0.117. The van der Waals surface area contributed by atoms with E-state index in [1.54, 1.807) is 44.3 Å². The number of anilines is 4. The molecular weight excluding hydrogens is 761 g/mol. The number of amides is 2. The molecule has 0 saturated heterocycles. The van der Waals surface area contributed by atoms with E-state index in [-0.39, 0.29) is 43.7 Å². The summed E-state index contributed by atoms with van der Waals surface area (Å²) in [5, 5.41) is 6.41. The molecule has 8 rings (SSSR count). The molecule has 0 bridgehead atoms. The van der Waals surface area contributed by atoms with E-state index in [1.165, 1.54) is 12.7 Å². The maximum absolute atomic E-state index is 14.0. The summed E-state index contributed by atoms with van der Waals surface area (Å²) in [6.07, 6.45) is 4.21. The highest BCUT2D eigenvalue weighted by Gasteiger charge is 2.37. The van der Waals surface area contributed by atoms with Crippen LogP contribution in [0, 0.1) is 0 Å². The van der Waals surface area contributed by atoms with Crippen molar-refractivity contribution in [3.05, 3.63) is 124 Å². The molecule has 0 aromatic heterocycles. The standard InChI is InChI=1S/C47H48N6O7/c1-48-25-46(55)52(3)34-15-29(27-59-44-21-38(33(26-54)19-42(44)57-4)49-23-35-17-31-10-6-8-12-40(31)51(35)2)14-30(16-34)28-60-45-22-39-37(20-43(45)58-5)47(56)53-36(24-50-39)18-32-11-7-9-13-41(32)53/h6-16,19-23,26,35-36,48,50H,17-18,24-25,27-28H2,1-5H3/t35-,36?/m0/s1. The predicted molar refractivity (Wildman–Crippen MR) is 234 cm³/mol. The van der Waals surface area contributed by atoms with Crippen molar-refractivity contribution < 1.29 is 33.3 Å². The van der Waals surface area contributed by atoms with Gasteiger partial charge in [-0.1, -0.05) is 36.4 Å². The number of hydrogen-bond acceptors (Lipinski definition) is 11. The number of nitrogens with one attached hydrogen (secondary N) is 2. The summed E-state index contributed by atoms with van der Waals surface area (Å²) < 4.78 is 24.2. The van der Waals surface area contributed by atoms with Crippen molar-refractivity contribution in [2.75, 3.05) is 68.5 Å². The van der Waals surface area contributed by atoms with Crippen LogP contribution < -0.4 is 44.3 Å². The largest absolute Gasteiger partial charge is 0.493 e. The summed E-state index contributed by atoms with van der Waals surface area (Å²) in [6.45, 7) is 0.957. The van der Waals surface area contributed by atoms with Crippen molar-refractivity contribution >= 4 is 52.8 Å². The zero-order valence-corrected chi connectivity index (χ0v) is 34.4. The minimum Gasteiger partial charge on any atom is -0.493 e. The lowest BCUT2D eigenvalue weighted by Gasteiger charge is -2.23. The molecule has 3 aliphatic heterocycles.